The summed E-state index contributed by atoms with van der Waals surface area (Å²) in [5.41, 5.74) is 1.22. The summed E-state index contributed by atoms with van der Waals surface area (Å²) in [5, 5.41) is 5.75. The predicted octanol–water partition coefficient (Wildman–Crippen LogP) is 5.88. The molecule has 2 fully saturated rings. The molecule has 0 aliphatic carbocycles. The Morgan fingerprint density at radius 3 is 2.65 bits per heavy atom. The normalized spacial score (nSPS) is 18.8. The van der Waals surface area contributed by atoms with Gasteiger partial charge >= 0.3 is 12.1 Å². The lowest BCUT2D eigenvalue weighted by Crippen LogP contribution is -2.57. The molecule has 2 aromatic carbocycles. The Hall–Kier alpha value is -6.05. The van der Waals surface area contributed by atoms with Gasteiger partial charge in [-0.1, -0.05) is 24.0 Å². The van der Waals surface area contributed by atoms with Crippen LogP contribution < -0.4 is 25.0 Å². The number of carbonyl (C=O) groups is 5. The molecule has 4 aromatic rings. The average molecular weight is 846 g/mol. The first-order valence-electron chi connectivity index (χ1n) is 19.7. The Bertz CT molecular complexity index is 2270. The SMILES string of the molecule is C=CCOC(=O)N1c2c(OCCCC(=O)Nc3cn(C)c(C(=O)Nc4nc5cc(C(=O)OC)ccc5s4)n3)cc(OC)cc2C(=O)N2CCCC[C@H]2C1OC1CCCCO1. The molecule has 19 heteroatoms. The number of thiazole rings is 1. The lowest BCUT2D eigenvalue weighted by molar-refractivity contribution is -0.198. The molecule has 3 aliphatic heterocycles. The van der Waals surface area contributed by atoms with Crippen molar-refractivity contribution in [2.24, 2.45) is 7.05 Å². The number of ether oxygens (including phenoxy) is 6. The molecule has 0 spiro atoms. The number of piperidine rings is 1. The number of amides is 4. The van der Waals surface area contributed by atoms with E-state index in [-0.39, 0.29) is 66.5 Å². The van der Waals surface area contributed by atoms with Crippen LogP contribution in [0.4, 0.5) is 21.4 Å². The number of aryl methyl sites for hydroxylation is 1. The summed E-state index contributed by atoms with van der Waals surface area (Å²) in [7, 11) is 4.38. The summed E-state index contributed by atoms with van der Waals surface area (Å²) in [5.74, 6) is -1.03. The summed E-state index contributed by atoms with van der Waals surface area (Å²) in [6.45, 7) is 4.61. The first-order valence-corrected chi connectivity index (χ1v) is 20.5. The van der Waals surface area contributed by atoms with E-state index in [4.69, 9.17) is 28.4 Å². The summed E-state index contributed by atoms with van der Waals surface area (Å²) < 4.78 is 37.1. The standard InChI is InChI=1S/C41H47N7O11S/c1-5-17-58-41(53)48-34-26(37(51)47-16-8-6-11-28(47)38(48)59-33-13-7-9-18-57-33)21-25(54-3)22-29(34)56-19-10-12-32(49)43-31-23-46(2)35(44-31)36(50)45-40-42-27-20-24(39(52)55-4)14-15-30(27)60-40/h5,14-15,20-23,28,33,38H,1,6-13,16-19H2,2-4H3,(H,43,49)(H,42,45,50)/t28-,33?,38?/m0/s1. The van der Waals surface area contributed by atoms with E-state index < -0.39 is 36.5 Å². The molecule has 5 heterocycles. The molecule has 0 radical (unpaired) electrons. The number of anilines is 3. The van der Waals surface area contributed by atoms with E-state index in [1.807, 2.05) is 0 Å². The van der Waals surface area contributed by atoms with Gasteiger partial charge in [0.05, 0.1) is 48.2 Å². The highest BCUT2D eigenvalue weighted by Crippen LogP contribution is 2.44. The number of imidazole rings is 1. The van der Waals surface area contributed by atoms with Crippen molar-refractivity contribution in [1.82, 2.24) is 19.4 Å². The highest BCUT2D eigenvalue weighted by atomic mass is 32.1. The molecule has 7 rings (SSSR count). The number of carbonyl (C=O) groups excluding carboxylic acids is 5. The van der Waals surface area contributed by atoms with Gasteiger partial charge in [0.1, 0.15) is 23.8 Å². The van der Waals surface area contributed by atoms with E-state index in [1.165, 1.54) is 47.3 Å². The third-order valence-electron chi connectivity index (χ3n) is 10.3. The molecule has 2 unspecified atom stereocenters. The van der Waals surface area contributed by atoms with Crippen LogP contribution in [0.1, 0.15) is 82.7 Å². The second-order valence-corrected chi connectivity index (χ2v) is 15.4. The van der Waals surface area contributed by atoms with Crippen LogP contribution in [0, 0.1) is 0 Å². The molecule has 3 atom stereocenters. The van der Waals surface area contributed by atoms with Crippen molar-refractivity contribution in [2.45, 2.75) is 69.9 Å². The third kappa shape index (κ3) is 9.22. The molecule has 4 amide bonds. The van der Waals surface area contributed by atoms with E-state index in [1.54, 1.807) is 42.3 Å². The number of esters is 1. The fourth-order valence-corrected chi connectivity index (χ4v) is 8.28. The van der Waals surface area contributed by atoms with Crippen molar-refractivity contribution < 1.29 is 52.4 Å². The van der Waals surface area contributed by atoms with Crippen LogP contribution in [-0.4, -0.2) is 108 Å². The number of fused-ring (bicyclic) bond motifs is 3. The molecule has 318 valence electrons. The monoisotopic (exact) mass is 845 g/mol. The molecular formula is C41H47N7O11S. The van der Waals surface area contributed by atoms with Crippen LogP contribution in [-0.2, 0) is 30.8 Å². The zero-order chi connectivity index (χ0) is 42.3. The first kappa shape index (κ1) is 42.1. The van der Waals surface area contributed by atoms with E-state index in [0.717, 1.165) is 30.4 Å². The maximum Gasteiger partial charge on any atom is 0.416 e. The summed E-state index contributed by atoms with van der Waals surface area (Å²) in [4.78, 5) is 78.4. The van der Waals surface area contributed by atoms with Crippen LogP contribution in [0.25, 0.3) is 10.2 Å². The fourth-order valence-electron chi connectivity index (χ4n) is 7.44. The largest absolute Gasteiger partial charge is 0.497 e. The van der Waals surface area contributed by atoms with Gasteiger partial charge in [0.15, 0.2) is 23.5 Å². The second kappa shape index (κ2) is 18.9. The van der Waals surface area contributed by atoms with Crippen molar-refractivity contribution in [3.63, 3.8) is 0 Å². The average Bonchev–Trinajstić information content (AvgIpc) is 3.82. The van der Waals surface area contributed by atoms with Gasteiger partial charge in [-0.25, -0.2) is 24.5 Å². The molecule has 0 bridgehead atoms. The molecule has 2 saturated heterocycles. The Labute approximate surface area is 349 Å². The molecule has 18 nitrogen and oxygen atoms in total. The van der Waals surface area contributed by atoms with Gasteiger partial charge in [-0.15, -0.1) is 0 Å². The molecule has 2 aromatic heterocycles. The number of hydrogen-bond acceptors (Lipinski definition) is 14. The van der Waals surface area contributed by atoms with Crippen molar-refractivity contribution in [3.05, 3.63) is 66.1 Å². The van der Waals surface area contributed by atoms with E-state index in [0.29, 0.717) is 48.0 Å². The minimum atomic E-state index is -0.953. The van der Waals surface area contributed by atoms with Gasteiger partial charge in [-0.05, 0) is 69.2 Å². The highest BCUT2D eigenvalue weighted by molar-refractivity contribution is 7.22. The summed E-state index contributed by atoms with van der Waals surface area (Å²) in [6.07, 6.45) is 5.56. The zero-order valence-electron chi connectivity index (χ0n) is 33.6. The quantitative estimate of drug-likeness (QED) is 0.0867. The van der Waals surface area contributed by atoms with Gasteiger partial charge in [0.25, 0.3) is 11.8 Å². The molecule has 0 saturated carbocycles. The van der Waals surface area contributed by atoms with Crippen LogP contribution >= 0.6 is 11.3 Å². The van der Waals surface area contributed by atoms with E-state index in [9.17, 15) is 24.0 Å². The maximum atomic E-state index is 14.4. The Balaban J connectivity index is 1.04. The van der Waals surface area contributed by atoms with Crippen LogP contribution in [0.3, 0.4) is 0 Å². The van der Waals surface area contributed by atoms with Gasteiger partial charge in [0.2, 0.25) is 11.7 Å². The third-order valence-corrected chi connectivity index (χ3v) is 11.2. The van der Waals surface area contributed by atoms with Crippen LogP contribution in [0.2, 0.25) is 0 Å². The second-order valence-electron chi connectivity index (χ2n) is 14.3. The van der Waals surface area contributed by atoms with Crippen molar-refractivity contribution in [2.75, 3.05) is 56.1 Å². The minimum Gasteiger partial charge on any atom is -0.497 e. The van der Waals surface area contributed by atoms with Gasteiger partial charge in [0, 0.05) is 38.9 Å². The van der Waals surface area contributed by atoms with E-state index >= 15 is 0 Å². The number of hydrogen-bond donors (Lipinski definition) is 2. The van der Waals surface area contributed by atoms with Crippen LogP contribution in [0.5, 0.6) is 11.5 Å². The predicted molar refractivity (Wildman–Crippen MR) is 220 cm³/mol. The van der Waals surface area contributed by atoms with Gasteiger partial charge in [-0.3, -0.25) is 19.7 Å². The van der Waals surface area contributed by atoms with Crippen molar-refractivity contribution in [1.29, 1.82) is 0 Å². The van der Waals surface area contributed by atoms with Crippen LogP contribution in [0.15, 0.2) is 49.2 Å². The van der Waals surface area contributed by atoms with Gasteiger partial charge in [-0.2, -0.15) is 0 Å². The summed E-state index contributed by atoms with van der Waals surface area (Å²) >= 11 is 1.23. The van der Waals surface area contributed by atoms with Gasteiger partial charge < -0.3 is 43.2 Å². The minimum absolute atomic E-state index is 0.00809. The highest BCUT2D eigenvalue weighted by Gasteiger charge is 2.48. The lowest BCUT2D eigenvalue weighted by atomic mass is 10.00. The Morgan fingerprint density at radius 2 is 1.88 bits per heavy atom. The number of methoxy groups -OCH3 is 2. The number of nitrogens with one attached hydrogen (secondary N) is 2. The van der Waals surface area contributed by atoms with E-state index in [2.05, 4.69) is 27.2 Å². The summed E-state index contributed by atoms with van der Waals surface area (Å²) in [6, 6.07) is 7.61. The number of benzene rings is 2. The molecular weight excluding hydrogens is 799 g/mol. The Kier molecular flexibility index (Phi) is 13.3. The number of rotatable bonds is 14. The van der Waals surface area contributed by atoms with Crippen molar-refractivity contribution >= 4 is 68.0 Å². The molecule has 3 aliphatic rings. The van der Waals surface area contributed by atoms with Crippen molar-refractivity contribution in [3.8, 4) is 11.5 Å². The fraction of sp³-hybridized carbons (Fsp3) is 0.439. The zero-order valence-corrected chi connectivity index (χ0v) is 34.4. The number of nitrogens with zero attached hydrogens (tertiary/aromatic N) is 5. The number of aromatic nitrogens is 3. The first-order chi connectivity index (χ1) is 29.1. The smallest absolute Gasteiger partial charge is 0.416 e. The molecule has 60 heavy (non-hydrogen) atoms. The topological polar surface area (TPSA) is 202 Å². The lowest BCUT2D eigenvalue weighted by Gasteiger charge is -2.42. The molecule has 2 N–H and O–H groups in total. The maximum absolute atomic E-state index is 14.4. The Morgan fingerprint density at radius 1 is 1.05 bits per heavy atom.